The van der Waals surface area contributed by atoms with Gasteiger partial charge in [-0.2, -0.15) is 14.0 Å². The van der Waals surface area contributed by atoms with E-state index in [0.717, 1.165) is 22.8 Å². The first kappa shape index (κ1) is 11.2. The molecular formula is C11H7N3O2S. The molecule has 0 aliphatic rings. The Hall–Kier alpha value is -2.26. The largest absolute Gasteiger partial charge is 0.477 e. The van der Waals surface area contributed by atoms with Crippen molar-refractivity contribution in [2.75, 3.05) is 0 Å². The van der Waals surface area contributed by atoms with Gasteiger partial charge in [-0.15, -0.1) is 0 Å². The van der Waals surface area contributed by atoms with E-state index < -0.39 is 5.97 Å². The third-order valence-corrected chi connectivity index (χ3v) is 2.83. The summed E-state index contributed by atoms with van der Waals surface area (Å²) < 4.78 is 8.24. The molecule has 2 aromatic rings. The fourth-order valence-electron chi connectivity index (χ4n) is 1.42. The first-order valence-corrected chi connectivity index (χ1v) is 5.43. The van der Waals surface area contributed by atoms with Crippen molar-refractivity contribution < 1.29 is 9.90 Å². The lowest BCUT2D eigenvalue weighted by Gasteiger charge is -1.98. The molecule has 0 bridgehead atoms. The number of aryl methyl sites for hydroxylation is 1. The van der Waals surface area contributed by atoms with Gasteiger partial charge in [0.15, 0.2) is 0 Å². The smallest absolute Gasteiger partial charge is 0.346 e. The number of aromatic nitrogens is 2. The lowest BCUT2D eigenvalue weighted by molar-refractivity contribution is -0.132. The molecule has 0 saturated carbocycles. The van der Waals surface area contributed by atoms with Crippen molar-refractivity contribution in [2.24, 2.45) is 0 Å². The summed E-state index contributed by atoms with van der Waals surface area (Å²) in [5.41, 5.74) is 2.62. The van der Waals surface area contributed by atoms with Crippen LogP contribution in [0.3, 0.4) is 0 Å². The van der Waals surface area contributed by atoms with Gasteiger partial charge in [-0.1, -0.05) is 12.1 Å². The number of carbonyl (C=O) groups is 1. The van der Waals surface area contributed by atoms with Crippen molar-refractivity contribution in [3.63, 3.8) is 0 Å². The van der Waals surface area contributed by atoms with Crippen molar-refractivity contribution in [1.29, 1.82) is 5.26 Å². The predicted octanol–water partition coefficient (Wildman–Crippen LogP) is 1.99. The average Bonchev–Trinajstić information content (AvgIpc) is 2.78. The van der Waals surface area contributed by atoms with E-state index in [0.29, 0.717) is 11.1 Å². The molecule has 0 saturated heterocycles. The second kappa shape index (κ2) is 4.31. The molecule has 0 amide bonds. The number of hydrogen-bond donors (Lipinski definition) is 1. The highest BCUT2D eigenvalue weighted by molar-refractivity contribution is 7.00. The standard InChI is InChI=1S/C11H7N3O2S/c1-6-2-3-7(4-8(5-12)11(15)16)10-9(6)13-17-14-10/h2-4H,1H3,(H,15,16)/b8-4+. The number of aliphatic carboxylic acids is 1. The van der Waals surface area contributed by atoms with Crippen LogP contribution in [0.4, 0.5) is 0 Å². The molecule has 0 aliphatic heterocycles. The first-order chi connectivity index (χ1) is 8.13. The highest BCUT2D eigenvalue weighted by Crippen LogP contribution is 2.22. The minimum atomic E-state index is -1.25. The van der Waals surface area contributed by atoms with Crippen molar-refractivity contribution >= 4 is 34.8 Å². The van der Waals surface area contributed by atoms with E-state index in [9.17, 15) is 4.79 Å². The Morgan fingerprint density at radius 3 is 2.82 bits per heavy atom. The summed E-state index contributed by atoms with van der Waals surface area (Å²) >= 11 is 1.06. The summed E-state index contributed by atoms with van der Waals surface area (Å²) in [5.74, 6) is -1.25. The van der Waals surface area contributed by atoms with Crippen molar-refractivity contribution in [3.8, 4) is 6.07 Å². The normalized spacial score (nSPS) is 11.4. The first-order valence-electron chi connectivity index (χ1n) is 4.70. The molecule has 6 heteroatoms. The molecule has 0 radical (unpaired) electrons. The Balaban J connectivity index is 2.65. The molecule has 17 heavy (non-hydrogen) atoms. The summed E-state index contributed by atoms with van der Waals surface area (Å²) in [6, 6.07) is 5.20. The molecule has 0 unspecified atom stereocenters. The van der Waals surface area contributed by atoms with E-state index in [1.54, 1.807) is 12.1 Å². The van der Waals surface area contributed by atoms with Crippen LogP contribution in [0.15, 0.2) is 17.7 Å². The van der Waals surface area contributed by atoms with Gasteiger partial charge in [0.2, 0.25) is 0 Å². The van der Waals surface area contributed by atoms with Gasteiger partial charge in [0.05, 0.1) is 11.7 Å². The third kappa shape index (κ3) is 2.00. The van der Waals surface area contributed by atoms with Crippen molar-refractivity contribution in [3.05, 3.63) is 28.8 Å². The lowest BCUT2D eigenvalue weighted by atomic mass is 10.1. The van der Waals surface area contributed by atoms with Gasteiger partial charge >= 0.3 is 5.97 Å². The maximum atomic E-state index is 10.8. The number of carboxylic acids is 1. The Morgan fingerprint density at radius 1 is 1.47 bits per heavy atom. The quantitative estimate of drug-likeness (QED) is 0.645. The summed E-state index contributed by atoms with van der Waals surface area (Å²) in [6.07, 6.45) is 1.31. The number of benzene rings is 1. The van der Waals surface area contributed by atoms with Crippen molar-refractivity contribution in [1.82, 2.24) is 8.75 Å². The number of carboxylic acid groups (broad SMARTS) is 1. The minimum Gasteiger partial charge on any atom is -0.477 e. The van der Waals surface area contributed by atoms with Crippen LogP contribution in [0.1, 0.15) is 11.1 Å². The monoisotopic (exact) mass is 245 g/mol. The highest BCUT2D eigenvalue weighted by atomic mass is 32.1. The predicted molar refractivity (Wildman–Crippen MR) is 63.4 cm³/mol. The molecule has 84 valence electrons. The van der Waals surface area contributed by atoms with Gasteiger partial charge in [0.1, 0.15) is 22.7 Å². The number of fused-ring (bicyclic) bond motifs is 1. The van der Waals surface area contributed by atoms with E-state index in [4.69, 9.17) is 10.4 Å². The van der Waals surface area contributed by atoms with Crippen LogP contribution < -0.4 is 0 Å². The Labute approximate surface area is 101 Å². The maximum absolute atomic E-state index is 10.8. The highest BCUT2D eigenvalue weighted by Gasteiger charge is 2.10. The second-order valence-corrected chi connectivity index (χ2v) is 3.94. The van der Waals surface area contributed by atoms with Crippen LogP contribution >= 0.6 is 11.7 Å². The minimum absolute atomic E-state index is 0.317. The van der Waals surface area contributed by atoms with E-state index in [1.807, 2.05) is 13.0 Å². The zero-order valence-electron chi connectivity index (χ0n) is 8.84. The summed E-state index contributed by atoms with van der Waals surface area (Å²) in [6.45, 7) is 1.90. The van der Waals surface area contributed by atoms with Crippen LogP contribution in [0.25, 0.3) is 17.1 Å². The van der Waals surface area contributed by atoms with Crippen LogP contribution in [-0.4, -0.2) is 19.8 Å². The van der Waals surface area contributed by atoms with Crippen LogP contribution in [0, 0.1) is 18.3 Å². The molecular weight excluding hydrogens is 238 g/mol. The third-order valence-electron chi connectivity index (χ3n) is 2.30. The summed E-state index contributed by atoms with van der Waals surface area (Å²) in [4.78, 5) is 10.8. The van der Waals surface area contributed by atoms with E-state index in [1.165, 1.54) is 6.08 Å². The van der Waals surface area contributed by atoms with Gasteiger partial charge in [0, 0.05) is 5.56 Å². The molecule has 0 fully saturated rings. The molecule has 0 atom stereocenters. The SMILES string of the molecule is Cc1ccc(/C=C(\C#N)C(=O)O)c2nsnc12. The fraction of sp³-hybridized carbons (Fsp3) is 0.0909. The molecule has 1 heterocycles. The van der Waals surface area contributed by atoms with Crippen LogP contribution in [-0.2, 0) is 4.79 Å². The van der Waals surface area contributed by atoms with Gasteiger partial charge in [-0.05, 0) is 18.6 Å². The zero-order valence-corrected chi connectivity index (χ0v) is 9.65. The number of nitrogens with zero attached hydrogens (tertiary/aromatic N) is 3. The fourth-order valence-corrected chi connectivity index (χ4v) is 2.05. The molecule has 1 aromatic carbocycles. The number of rotatable bonds is 2. The van der Waals surface area contributed by atoms with Crippen molar-refractivity contribution in [2.45, 2.75) is 6.92 Å². The van der Waals surface area contributed by atoms with E-state index in [-0.39, 0.29) is 5.57 Å². The van der Waals surface area contributed by atoms with Gasteiger partial charge < -0.3 is 5.11 Å². The lowest BCUT2D eigenvalue weighted by Crippen LogP contribution is -1.97. The molecule has 0 spiro atoms. The zero-order chi connectivity index (χ0) is 12.4. The molecule has 1 aromatic heterocycles. The topological polar surface area (TPSA) is 86.9 Å². The Kier molecular flexibility index (Phi) is 2.85. The Morgan fingerprint density at radius 2 is 2.18 bits per heavy atom. The van der Waals surface area contributed by atoms with E-state index in [2.05, 4.69) is 8.75 Å². The Bertz CT molecular complexity index is 667. The van der Waals surface area contributed by atoms with E-state index >= 15 is 0 Å². The molecule has 0 aliphatic carbocycles. The van der Waals surface area contributed by atoms with Gasteiger partial charge in [0.25, 0.3) is 0 Å². The van der Waals surface area contributed by atoms with Crippen LogP contribution in [0.5, 0.6) is 0 Å². The molecule has 1 N–H and O–H groups in total. The number of hydrogen-bond acceptors (Lipinski definition) is 5. The maximum Gasteiger partial charge on any atom is 0.346 e. The molecule has 5 nitrogen and oxygen atoms in total. The molecule has 2 rings (SSSR count). The van der Waals surface area contributed by atoms with Gasteiger partial charge in [-0.3, -0.25) is 0 Å². The second-order valence-electron chi connectivity index (χ2n) is 3.41. The summed E-state index contributed by atoms with van der Waals surface area (Å²) in [5, 5.41) is 17.5. The van der Waals surface area contributed by atoms with Gasteiger partial charge in [-0.25, -0.2) is 4.79 Å². The van der Waals surface area contributed by atoms with Crippen LogP contribution in [0.2, 0.25) is 0 Å². The number of nitriles is 1. The average molecular weight is 245 g/mol. The summed E-state index contributed by atoms with van der Waals surface area (Å²) in [7, 11) is 0.